The maximum absolute atomic E-state index is 13.5. The van der Waals surface area contributed by atoms with E-state index in [-0.39, 0.29) is 17.7 Å². The van der Waals surface area contributed by atoms with Crippen molar-refractivity contribution in [2.24, 2.45) is 0 Å². The lowest BCUT2D eigenvalue weighted by atomic mass is 10.00. The summed E-state index contributed by atoms with van der Waals surface area (Å²) < 4.78 is 26.9. The topological polar surface area (TPSA) is 23.5 Å². The van der Waals surface area contributed by atoms with E-state index in [0.29, 0.717) is 13.0 Å². The lowest BCUT2D eigenvalue weighted by Crippen LogP contribution is -2.43. The highest BCUT2D eigenvalue weighted by Gasteiger charge is 2.24. The van der Waals surface area contributed by atoms with Crippen LogP contribution in [0.1, 0.15) is 25.3 Å². The molecule has 18 heavy (non-hydrogen) atoms. The molecule has 2 atom stereocenters. The van der Waals surface area contributed by atoms with E-state index in [2.05, 4.69) is 4.90 Å². The fraction of sp³-hybridized carbons (Fsp3) is 0.571. The summed E-state index contributed by atoms with van der Waals surface area (Å²) >= 11 is 0. The van der Waals surface area contributed by atoms with Crippen molar-refractivity contribution in [1.82, 2.24) is 4.90 Å². The predicted octanol–water partition coefficient (Wildman–Crippen LogP) is 2.35. The highest BCUT2D eigenvalue weighted by atomic mass is 19.1. The van der Waals surface area contributed by atoms with Gasteiger partial charge in [0.1, 0.15) is 11.6 Å². The summed E-state index contributed by atoms with van der Waals surface area (Å²) in [5.41, 5.74) is 0.163. The van der Waals surface area contributed by atoms with Gasteiger partial charge in [0.05, 0.1) is 6.10 Å². The Morgan fingerprint density at radius 3 is 2.61 bits per heavy atom. The summed E-state index contributed by atoms with van der Waals surface area (Å²) in [5.74, 6) is -0.945. The van der Waals surface area contributed by atoms with E-state index < -0.39 is 11.6 Å². The Hall–Kier alpha value is -1.00. The predicted molar refractivity (Wildman–Crippen MR) is 66.3 cm³/mol. The van der Waals surface area contributed by atoms with Crippen LogP contribution in [0.4, 0.5) is 8.78 Å². The smallest absolute Gasteiger partial charge is 0.129 e. The van der Waals surface area contributed by atoms with Crippen molar-refractivity contribution in [3.05, 3.63) is 35.4 Å². The van der Waals surface area contributed by atoms with Gasteiger partial charge in [-0.1, -0.05) is 6.07 Å². The van der Waals surface area contributed by atoms with Crippen molar-refractivity contribution >= 4 is 0 Å². The second kappa shape index (κ2) is 5.76. The van der Waals surface area contributed by atoms with Gasteiger partial charge in [0.2, 0.25) is 0 Å². The first-order valence-electron chi connectivity index (χ1n) is 6.43. The molecule has 0 aliphatic carbocycles. The number of nitrogens with zero attached hydrogens (tertiary/aromatic N) is 1. The molecule has 0 spiro atoms. The third kappa shape index (κ3) is 3.06. The fourth-order valence-electron chi connectivity index (χ4n) is 2.55. The van der Waals surface area contributed by atoms with Crippen LogP contribution in [-0.4, -0.2) is 35.2 Å². The highest BCUT2D eigenvalue weighted by Crippen LogP contribution is 2.19. The van der Waals surface area contributed by atoms with Gasteiger partial charge in [-0.2, -0.15) is 0 Å². The Morgan fingerprint density at radius 1 is 1.33 bits per heavy atom. The average molecular weight is 255 g/mol. The van der Waals surface area contributed by atoms with E-state index in [1.54, 1.807) is 0 Å². The number of aliphatic hydroxyl groups excluding tert-OH is 1. The normalized spacial score (nSPS) is 25.3. The first kappa shape index (κ1) is 13.4. The van der Waals surface area contributed by atoms with Crippen molar-refractivity contribution in [2.45, 2.75) is 38.3 Å². The Balaban J connectivity index is 1.95. The molecule has 100 valence electrons. The van der Waals surface area contributed by atoms with E-state index >= 15 is 0 Å². The van der Waals surface area contributed by atoms with Crippen LogP contribution in [0.25, 0.3) is 0 Å². The van der Waals surface area contributed by atoms with Crippen LogP contribution in [0, 0.1) is 11.6 Å². The van der Waals surface area contributed by atoms with Gasteiger partial charge in [-0.3, -0.25) is 0 Å². The zero-order valence-corrected chi connectivity index (χ0v) is 10.6. The molecule has 1 N–H and O–H groups in total. The van der Waals surface area contributed by atoms with Crippen LogP contribution in [0.2, 0.25) is 0 Å². The highest BCUT2D eigenvalue weighted by molar-refractivity contribution is 5.20. The second-order valence-corrected chi connectivity index (χ2v) is 5.01. The van der Waals surface area contributed by atoms with E-state index in [1.807, 2.05) is 6.92 Å². The summed E-state index contributed by atoms with van der Waals surface area (Å²) in [6.45, 7) is 3.46. The monoisotopic (exact) mass is 255 g/mol. The van der Waals surface area contributed by atoms with Crippen molar-refractivity contribution in [1.29, 1.82) is 0 Å². The molecule has 2 unspecified atom stereocenters. The number of aliphatic hydroxyl groups is 1. The van der Waals surface area contributed by atoms with E-state index in [0.717, 1.165) is 19.4 Å². The van der Waals surface area contributed by atoms with Crippen LogP contribution in [0.5, 0.6) is 0 Å². The lowest BCUT2D eigenvalue weighted by Gasteiger charge is -2.35. The Kier molecular flexibility index (Phi) is 4.30. The molecule has 2 rings (SSSR count). The Morgan fingerprint density at radius 2 is 2.00 bits per heavy atom. The largest absolute Gasteiger partial charge is 0.393 e. The number of hydrogen-bond donors (Lipinski definition) is 1. The minimum absolute atomic E-state index is 0.163. The zero-order valence-electron chi connectivity index (χ0n) is 10.6. The summed E-state index contributed by atoms with van der Waals surface area (Å²) in [6, 6.07) is 4.24. The van der Waals surface area contributed by atoms with Crippen molar-refractivity contribution in [2.75, 3.05) is 13.1 Å². The van der Waals surface area contributed by atoms with Crippen LogP contribution in [0.15, 0.2) is 18.2 Å². The van der Waals surface area contributed by atoms with Crippen molar-refractivity contribution < 1.29 is 13.9 Å². The maximum Gasteiger partial charge on any atom is 0.129 e. The van der Waals surface area contributed by atoms with Gasteiger partial charge in [0.15, 0.2) is 0 Å². The SMILES string of the molecule is CC1CC(O)CCN1CCc1c(F)cccc1F. The molecule has 0 bridgehead atoms. The molecule has 1 saturated heterocycles. The molecule has 0 radical (unpaired) electrons. The van der Waals surface area contributed by atoms with Crippen LogP contribution in [-0.2, 0) is 6.42 Å². The van der Waals surface area contributed by atoms with Crippen molar-refractivity contribution in [3.8, 4) is 0 Å². The molecule has 1 aromatic rings. The lowest BCUT2D eigenvalue weighted by molar-refractivity contribution is 0.0488. The number of halogens is 2. The molecule has 1 aliphatic heterocycles. The first-order valence-corrected chi connectivity index (χ1v) is 6.43. The van der Waals surface area contributed by atoms with Gasteiger partial charge in [0, 0.05) is 24.7 Å². The molecule has 0 amide bonds. The Bertz CT molecular complexity index is 391. The molecule has 1 aliphatic rings. The van der Waals surface area contributed by atoms with Gasteiger partial charge in [-0.05, 0) is 38.3 Å². The summed E-state index contributed by atoms with van der Waals surface area (Å²) in [4.78, 5) is 2.18. The molecule has 0 saturated carbocycles. The molecule has 0 aromatic heterocycles. The van der Waals surface area contributed by atoms with E-state index in [4.69, 9.17) is 0 Å². The van der Waals surface area contributed by atoms with Crippen LogP contribution < -0.4 is 0 Å². The molecule has 1 aromatic carbocycles. The Labute approximate surface area is 106 Å². The molecule has 1 heterocycles. The van der Waals surface area contributed by atoms with E-state index in [9.17, 15) is 13.9 Å². The third-order valence-corrected chi connectivity index (χ3v) is 3.70. The summed E-state index contributed by atoms with van der Waals surface area (Å²) in [5, 5.41) is 9.52. The summed E-state index contributed by atoms with van der Waals surface area (Å²) in [6.07, 6.45) is 1.62. The minimum atomic E-state index is -0.473. The second-order valence-electron chi connectivity index (χ2n) is 5.01. The minimum Gasteiger partial charge on any atom is -0.393 e. The number of hydrogen-bond acceptors (Lipinski definition) is 2. The number of rotatable bonds is 3. The zero-order chi connectivity index (χ0) is 13.1. The van der Waals surface area contributed by atoms with Gasteiger partial charge in [0.25, 0.3) is 0 Å². The quantitative estimate of drug-likeness (QED) is 0.896. The third-order valence-electron chi connectivity index (χ3n) is 3.70. The summed E-state index contributed by atoms with van der Waals surface area (Å²) in [7, 11) is 0. The van der Waals surface area contributed by atoms with Gasteiger partial charge >= 0.3 is 0 Å². The van der Waals surface area contributed by atoms with Gasteiger partial charge in [-0.15, -0.1) is 0 Å². The maximum atomic E-state index is 13.5. The number of likely N-dealkylation sites (tertiary alicyclic amines) is 1. The van der Waals surface area contributed by atoms with Crippen LogP contribution in [0.3, 0.4) is 0 Å². The molecular formula is C14H19F2NO. The standard InChI is InChI=1S/C14H19F2NO/c1-10-9-11(18)5-7-17(10)8-6-12-13(15)3-2-4-14(12)16/h2-4,10-11,18H,5-9H2,1H3. The van der Waals surface area contributed by atoms with E-state index in [1.165, 1.54) is 18.2 Å². The molecule has 4 heteroatoms. The van der Waals surface area contributed by atoms with Gasteiger partial charge in [-0.25, -0.2) is 8.78 Å². The molecule has 1 fully saturated rings. The number of piperidine rings is 1. The van der Waals surface area contributed by atoms with Gasteiger partial charge < -0.3 is 10.0 Å². The van der Waals surface area contributed by atoms with Crippen molar-refractivity contribution in [3.63, 3.8) is 0 Å². The molecule has 2 nitrogen and oxygen atoms in total. The fourth-order valence-corrected chi connectivity index (χ4v) is 2.55. The first-order chi connectivity index (χ1) is 8.58. The van der Waals surface area contributed by atoms with Crippen LogP contribution >= 0.6 is 0 Å². The molecular weight excluding hydrogens is 236 g/mol. The number of benzene rings is 1. The average Bonchev–Trinajstić information content (AvgIpc) is 2.31.